The standard InChI is InChI=1S/C12H11BrF2N4/c13-9-10(7-1-4-16-5-2-7)18-19-8(11(14)15)3-6-17-12(9)19/h1-2,4-5,8,11,17H,3,6H2. The predicted octanol–water partition coefficient (Wildman–Crippen LogP) is 3.33. The van der Waals surface area contributed by atoms with Crippen LogP contribution in [-0.2, 0) is 0 Å². The molecule has 0 radical (unpaired) electrons. The Hall–Kier alpha value is -1.50. The number of halogens is 3. The van der Waals surface area contributed by atoms with E-state index in [1.54, 1.807) is 24.5 Å². The summed E-state index contributed by atoms with van der Waals surface area (Å²) in [6, 6.07) is 2.73. The van der Waals surface area contributed by atoms with E-state index >= 15 is 0 Å². The lowest BCUT2D eigenvalue weighted by Crippen LogP contribution is -2.28. The Morgan fingerprint density at radius 3 is 2.79 bits per heavy atom. The molecule has 1 N–H and O–H groups in total. The quantitative estimate of drug-likeness (QED) is 0.919. The number of aromatic nitrogens is 3. The van der Waals surface area contributed by atoms with E-state index in [0.29, 0.717) is 29.0 Å². The van der Waals surface area contributed by atoms with Crippen LogP contribution < -0.4 is 5.32 Å². The van der Waals surface area contributed by atoms with Gasteiger partial charge < -0.3 is 5.32 Å². The molecule has 1 aliphatic heterocycles. The monoisotopic (exact) mass is 328 g/mol. The maximum atomic E-state index is 13.0. The summed E-state index contributed by atoms with van der Waals surface area (Å²) in [7, 11) is 0. The fraction of sp³-hybridized carbons (Fsp3) is 0.333. The van der Waals surface area contributed by atoms with Crippen LogP contribution in [0.25, 0.3) is 11.3 Å². The molecule has 19 heavy (non-hydrogen) atoms. The van der Waals surface area contributed by atoms with Gasteiger partial charge in [-0.2, -0.15) is 5.10 Å². The molecule has 0 aliphatic carbocycles. The molecule has 2 aromatic heterocycles. The Bertz CT molecular complexity index is 585. The van der Waals surface area contributed by atoms with Crippen molar-refractivity contribution in [2.24, 2.45) is 0 Å². The predicted molar refractivity (Wildman–Crippen MR) is 71.3 cm³/mol. The summed E-state index contributed by atoms with van der Waals surface area (Å²) in [5, 5.41) is 7.43. The second kappa shape index (κ2) is 4.88. The smallest absolute Gasteiger partial charge is 0.260 e. The molecule has 0 spiro atoms. The first kappa shape index (κ1) is 12.5. The largest absolute Gasteiger partial charge is 0.369 e. The first-order valence-electron chi connectivity index (χ1n) is 5.89. The Balaban J connectivity index is 2.10. The highest BCUT2D eigenvalue weighted by molar-refractivity contribution is 9.10. The van der Waals surface area contributed by atoms with E-state index in [4.69, 9.17) is 0 Å². The third-order valence-corrected chi connectivity index (χ3v) is 3.90. The first-order chi connectivity index (χ1) is 9.18. The van der Waals surface area contributed by atoms with E-state index in [1.165, 1.54) is 4.68 Å². The molecule has 3 rings (SSSR count). The van der Waals surface area contributed by atoms with Crippen LogP contribution in [0.3, 0.4) is 0 Å². The minimum absolute atomic E-state index is 0.370. The van der Waals surface area contributed by atoms with Gasteiger partial charge in [-0.1, -0.05) is 0 Å². The molecule has 0 amide bonds. The van der Waals surface area contributed by atoms with E-state index in [0.717, 1.165) is 5.56 Å². The molecule has 4 nitrogen and oxygen atoms in total. The fourth-order valence-corrected chi connectivity index (χ4v) is 2.83. The van der Waals surface area contributed by atoms with E-state index in [2.05, 4.69) is 31.3 Å². The van der Waals surface area contributed by atoms with Crippen molar-refractivity contribution >= 4 is 21.7 Å². The molecule has 0 saturated carbocycles. The van der Waals surface area contributed by atoms with Crippen molar-refractivity contribution in [3.8, 4) is 11.3 Å². The van der Waals surface area contributed by atoms with Gasteiger partial charge in [0.15, 0.2) is 0 Å². The number of hydrogen-bond acceptors (Lipinski definition) is 3. The third-order valence-electron chi connectivity index (χ3n) is 3.14. The van der Waals surface area contributed by atoms with Gasteiger partial charge in [-0.3, -0.25) is 4.98 Å². The van der Waals surface area contributed by atoms with Crippen LogP contribution in [0, 0.1) is 0 Å². The number of rotatable bonds is 2. The van der Waals surface area contributed by atoms with Gasteiger partial charge in [-0.05, 0) is 34.5 Å². The molecular weight excluding hydrogens is 318 g/mol. The lowest BCUT2D eigenvalue weighted by Gasteiger charge is -2.24. The van der Waals surface area contributed by atoms with Gasteiger partial charge in [-0.25, -0.2) is 13.5 Å². The minimum Gasteiger partial charge on any atom is -0.369 e. The highest BCUT2D eigenvalue weighted by Crippen LogP contribution is 2.39. The second-order valence-electron chi connectivity index (χ2n) is 4.31. The van der Waals surface area contributed by atoms with Crippen LogP contribution in [0.5, 0.6) is 0 Å². The Morgan fingerprint density at radius 1 is 1.37 bits per heavy atom. The molecule has 0 aromatic carbocycles. The molecule has 0 fully saturated rings. The lowest BCUT2D eigenvalue weighted by molar-refractivity contribution is 0.0716. The van der Waals surface area contributed by atoms with Crippen LogP contribution in [0.2, 0.25) is 0 Å². The van der Waals surface area contributed by atoms with Crippen molar-refractivity contribution in [2.45, 2.75) is 18.9 Å². The zero-order chi connectivity index (χ0) is 13.4. The third kappa shape index (κ3) is 2.11. The Kier molecular flexibility index (Phi) is 3.22. The minimum atomic E-state index is -2.42. The fourth-order valence-electron chi connectivity index (χ4n) is 2.20. The summed E-state index contributed by atoms with van der Waals surface area (Å²) in [4.78, 5) is 3.94. The molecule has 0 saturated heterocycles. The molecule has 3 heterocycles. The Morgan fingerprint density at radius 2 is 2.11 bits per heavy atom. The molecule has 1 aliphatic rings. The Labute approximate surface area is 117 Å². The highest BCUT2D eigenvalue weighted by atomic mass is 79.9. The number of hydrogen-bond donors (Lipinski definition) is 1. The SMILES string of the molecule is FC(F)C1CCNc2c(Br)c(-c3ccncc3)nn21. The molecule has 100 valence electrons. The second-order valence-corrected chi connectivity index (χ2v) is 5.10. The first-order valence-corrected chi connectivity index (χ1v) is 6.68. The van der Waals surface area contributed by atoms with Gasteiger partial charge in [0.05, 0.1) is 4.47 Å². The van der Waals surface area contributed by atoms with Crippen LogP contribution in [0.4, 0.5) is 14.6 Å². The van der Waals surface area contributed by atoms with E-state index in [9.17, 15) is 8.78 Å². The highest BCUT2D eigenvalue weighted by Gasteiger charge is 2.31. The molecule has 2 aromatic rings. The molecular formula is C12H11BrF2N4. The van der Waals surface area contributed by atoms with E-state index < -0.39 is 12.5 Å². The molecule has 7 heteroatoms. The van der Waals surface area contributed by atoms with Crippen LogP contribution in [0.15, 0.2) is 29.0 Å². The van der Waals surface area contributed by atoms with Crippen molar-refractivity contribution in [2.75, 3.05) is 11.9 Å². The van der Waals surface area contributed by atoms with Gasteiger partial charge in [0.1, 0.15) is 17.6 Å². The number of alkyl halides is 2. The summed E-state index contributed by atoms with van der Waals surface area (Å²) in [6.45, 7) is 0.523. The average Bonchev–Trinajstić information content (AvgIpc) is 2.77. The number of anilines is 1. The average molecular weight is 329 g/mol. The van der Waals surface area contributed by atoms with Gasteiger partial charge in [0, 0.05) is 24.5 Å². The summed E-state index contributed by atoms with van der Waals surface area (Å²) < 4.78 is 28.2. The van der Waals surface area contributed by atoms with Gasteiger partial charge in [0.2, 0.25) is 0 Å². The molecule has 0 bridgehead atoms. The van der Waals surface area contributed by atoms with E-state index in [-0.39, 0.29) is 0 Å². The summed E-state index contributed by atoms with van der Waals surface area (Å²) in [5.41, 5.74) is 1.50. The van der Waals surface area contributed by atoms with Crippen molar-refractivity contribution in [3.05, 3.63) is 29.0 Å². The van der Waals surface area contributed by atoms with E-state index in [1.807, 2.05) is 0 Å². The van der Waals surface area contributed by atoms with Crippen LogP contribution >= 0.6 is 15.9 Å². The number of pyridine rings is 1. The zero-order valence-electron chi connectivity index (χ0n) is 9.85. The van der Waals surface area contributed by atoms with Crippen molar-refractivity contribution < 1.29 is 8.78 Å². The summed E-state index contributed by atoms with van der Waals surface area (Å²) >= 11 is 3.44. The van der Waals surface area contributed by atoms with Crippen molar-refractivity contribution in [1.29, 1.82) is 0 Å². The summed E-state index contributed by atoms with van der Waals surface area (Å²) in [5.74, 6) is 0.614. The van der Waals surface area contributed by atoms with Gasteiger partial charge >= 0.3 is 0 Å². The van der Waals surface area contributed by atoms with Crippen molar-refractivity contribution in [3.63, 3.8) is 0 Å². The number of fused-ring (bicyclic) bond motifs is 1. The lowest BCUT2D eigenvalue weighted by atomic mass is 10.2. The van der Waals surface area contributed by atoms with Crippen molar-refractivity contribution in [1.82, 2.24) is 14.8 Å². The molecule has 1 atom stereocenters. The normalized spacial score (nSPS) is 18.2. The maximum absolute atomic E-state index is 13.0. The number of nitrogens with zero attached hydrogens (tertiary/aromatic N) is 3. The summed E-state index contributed by atoms with van der Waals surface area (Å²) in [6.07, 6.45) is 1.25. The zero-order valence-corrected chi connectivity index (χ0v) is 11.4. The number of nitrogens with one attached hydrogen (secondary N) is 1. The van der Waals surface area contributed by atoms with Crippen LogP contribution in [-0.4, -0.2) is 27.7 Å². The molecule has 1 unspecified atom stereocenters. The van der Waals surface area contributed by atoms with Gasteiger partial charge in [0.25, 0.3) is 6.43 Å². The van der Waals surface area contributed by atoms with Crippen LogP contribution in [0.1, 0.15) is 12.5 Å². The van der Waals surface area contributed by atoms with Gasteiger partial charge in [-0.15, -0.1) is 0 Å². The maximum Gasteiger partial charge on any atom is 0.260 e. The topological polar surface area (TPSA) is 42.7 Å².